The maximum atomic E-state index is 6.06. The molecule has 0 heterocycles. The van der Waals surface area contributed by atoms with E-state index < -0.39 is 0 Å². The average molecular weight is 283 g/mol. The minimum atomic E-state index is 0. The van der Waals surface area contributed by atoms with E-state index in [0.717, 1.165) is 18.4 Å². The standard InChI is InChI=1S/C12H17Cl2N.ClH/c1-2-3-4-5-12(15)9-6-10(13)8-11(14)7-9;/h6-8,12H,2-5,15H2,1H3;1H/t12-;/m1./s1. The van der Waals surface area contributed by atoms with Crippen LogP contribution in [0.4, 0.5) is 0 Å². The van der Waals surface area contributed by atoms with Gasteiger partial charge in [-0.1, -0.05) is 49.4 Å². The predicted octanol–water partition coefficient (Wildman–Crippen LogP) is 5.00. The van der Waals surface area contributed by atoms with Gasteiger partial charge < -0.3 is 5.73 Å². The normalized spacial score (nSPS) is 12.0. The predicted molar refractivity (Wildman–Crippen MR) is 74.8 cm³/mol. The summed E-state index contributed by atoms with van der Waals surface area (Å²) in [5, 5.41) is 1.31. The molecular weight excluding hydrogens is 264 g/mol. The van der Waals surface area contributed by atoms with Crippen molar-refractivity contribution in [3.63, 3.8) is 0 Å². The minimum absolute atomic E-state index is 0. The Labute approximate surface area is 114 Å². The van der Waals surface area contributed by atoms with Gasteiger partial charge in [0.25, 0.3) is 0 Å². The topological polar surface area (TPSA) is 26.0 Å². The molecule has 0 aliphatic carbocycles. The summed E-state index contributed by atoms with van der Waals surface area (Å²) in [4.78, 5) is 0. The van der Waals surface area contributed by atoms with E-state index in [-0.39, 0.29) is 18.4 Å². The average Bonchev–Trinajstić information content (AvgIpc) is 2.16. The second-order valence-electron chi connectivity index (χ2n) is 3.81. The summed E-state index contributed by atoms with van der Waals surface area (Å²) in [5.41, 5.74) is 7.09. The van der Waals surface area contributed by atoms with E-state index in [2.05, 4.69) is 6.92 Å². The zero-order valence-electron chi connectivity index (χ0n) is 9.38. The Morgan fingerprint density at radius 2 is 1.69 bits per heavy atom. The Morgan fingerprint density at radius 1 is 1.12 bits per heavy atom. The molecule has 0 amide bonds. The highest BCUT2D eigenvalue weighted by Gasteiger charge is 2.07. The summed E-state index contributed by atoms with van der Waals surface area (Å²) in [5.74, 6) is 0. The van der Waals surface area contributed by atoms with E-state index in [1.54, 1.807) is 6.07 Å². The molecule has 0 unspecified atom stereocenters. The van der Waals surface area contributed by atoms with Crippen molar-refractivity contribution in [2.24, 2.45) is 5.73 Å². The fourth-order valence-electron chi connectivity index (χ4n) is 1.57. The monoisotopic (exact) mass is 281 g/mol. The molecule has 92 valence electrons. The highest BCUT2D eigenvalue weighted by molar-refractivity contribution is 6.34. The zero-order chi connectivity index (χ0) is 11.3. The van der Waals surface area contributed by atoms with Crippen molar-refractivity contribution >= 4 is 35.6 Å². The third kappa shape index (κ3) is 5.40. The first-order valence-corrected chi connectivity index (χ1v) is 6.10. The molecule has 0 fully saturated rings. The van der Waals surface area contributed by atoms with Crippen molar-refractivity contribution in [2.75, 3.05) is 0 Å². The van der Waals surface area contributed by atoms with Gasteiger partial charge in [-0.25, -0.2) is 0 Å². The second kappa shape index (κ2) is 8.19. The van der Waals surface area contributed by atoms with Crippen molar-refractivity contribution in [3.05, 3.63) is 33.8 Å². The summed E-state index contributed by atoms with van der Waals surface area (Å²) in [6.45, 7) is 2.18. The number of benzene rings is 1. The van der Waals surface area contributed by atoms with Crippen LogP contribution in [-0.2, 0) is 0 Å². The maximum absolute atomic E-state index is 6.06. The van der Waals surface area contributed by atoms with E-state index in [9.17, 15) is 0 Å². The lowest BCUT2D eigenvalue weighted by molar-refractivity contribution is 0.581. The van der Waals surface area contributed by atoms with Crippen molar-refractivity contribution < 1.29 is 0 Å². The van der Waals surface area contributed by atoms with E-state index >= 15 is 0 Å². The first-order chi connectivity index (χ1) is 7.13. The molecule has 0 aliphatic rings. The summed E-state index contributed by atoms with van der Waals surface area (Å²) in [6.07, 6.45) is 4.58. The molecule has 0 saturated carbocycles. The fraction of sp³-hybridized carbons (Fsp3) is 0.500. The van der Waals surface area contributed by atoms with Crippen LogP contribution >= 0.6 is 35.6 Å². The first kappa shape index (κ1) is 16.1. The molecule has 0 aliphatic heterocycles. The van der Waals surface area contributed by atoms with Crippen LogP contribution < -0.4 is 5.73 Å². The van der Waals surface area contributed by atoms with Gasteiger partial charge in [-0.15, -0.1) is 12.4 Å². The summed E-state index contributed by atoms with van der Waals surface area (Å²) < 4.78 is 0. The molecule has 1 aromatic carbocycles. The molecule has 0 radical (unpaired) electrons. The van der Waals surface area contributed by atoms with E-state index in [0.29, 0.717) is 10.0 Å². The highest BCUT2D eigenvalue weighted by Crippen LogP contribution is 2.25. The lowest BCUT2D eigenvalue weighted by atomic mass is 10.0. The molecule has 0 aromatic heterocycles. The second-order valence-corrected chi connectivity index (χ2v) is 4.68. The van der Waals surface area contributed by atoms with Crippen LogP contribution in [0.15, 0.2) is 18.2 Å². The molecule has 16 heavy (non-hydrogen) atoms. The van der Waals surface area contributed by atoms with E-state index in [4.69, 9.17) is 28.9 Å². The van der Waals surface area contributed by atoms with Crippen LogP contribution in [0.2, 0.25) is 10.0 Å². The molecule has 1 rings (SSSR count). The molecule has 0 saturated heterocycles. The summed E-state index contributed by atoms with van der Waals surface area (Å²) in [7, 11) is 0. The van der Waals surface area contributed by atoms with Gasteiger partial charge in [0.05, 0.1) is 0 Å². The highest BCUT2D eigenvalue weighted by atomic mass is 35.5. The molecule has 0 bridgehead atoms. The summed E-state index contributed by atoms with van der Waals surface area (Å²) in [6, 6.07) is 5.56. The third-order valence-electron chi connectivity index (χ3n) is 2.43. The number of rotatable bonds is 5. The fourth-order valence-corrected chi connectivity index (χ4v) is 2.11. The van der Waals surface area contributed by atoms with E-state index in [1.165, 1.54) is 12.8 Å². The quantitative estimate of drug-likeness (QED) is 0.756. The molecule has 1 aromatic rings. The van der Waals surface area contributed by atoms with Crippen LogP contribution in [0.3, 0.4) is 0 Å². The van der Waals surface area contributed by atoms with E-state index in [1.807, 2.05) is 12.1 Å². The molecule has 0 spiro atoms. The molecule has 1 nitrogen and oxygen atoms in total. The Kier molecular flexibility index (Phi) is 8.21. The lowest BCUT2D eigenvalue weighted by Gasteiger charge is -2.12. The largest absolute Gasteiger partial charge is 0.324 e. The number of halogens is 3. The van der Waals surface area contributed by atoms with Crippen LogP contribution in [0.1, 0.15) is 44.2 Å². The van der Waals surface area contributed by atoms with Crippen molar-refractivity contribution in [3.8, 4) is 0 Å². The van der Waals surface area contributed by atoms with Gasteiger partial charge in [0.15, 0.2) is 0 Å². The van der Waals surface area contributed by atoms with Crippen LogP contribution in [0.25, 0.3) is 0 Å². The van der Waals surface area contributed by atoms with Gasteiger partial charge in [-0.2, -0.15) is 0 Å². The van der Waals surface area contributed by atoms with Gasteiger partial charge in [0, 0.05) is 16.1 Å². The third-order valence-corrected chi connectivity index (χ3v) is 2.87. The number of hydrogen-bond donors (Lipinski definition) is 1. The van der Waals surface area contributed by atoms with Crippen molar-refractivity contribution in [1.29, 1.82) is 0 Å². The van der Waals surface area contributed by atoms with Gasteiger partial charge in [-0.3, -0.25) is 0 Å². The van der Waals surface area contributed by atoms with Crippen molar-refractivity contribution in [2.45, 2.75) is 38.6 Å². The molecule has 2 N–H and O–H groups in total. The Morgan fingerprint density at radius 3 is 2.19 bits per heavy atom. The summed E-state index contributed by atoms with van der Waals surface area (Å²) >= 11 is 11.8. The van der Waals surface area contributed by atoms with Gasteiger partial charge in [-0.05, 0) is 30.2 Å². The zero-order valence-corrected chi connectivity index (χ0v) is 11.7. The van der Waals surface area contributed by atoms with Crippen LogP contribution in [0, 0.1) is 0 Å². The van der Waals surface area contributed by atoms with Crippen LogP contribution in [0.5, 0.6) is 0 Å². The molecule has 1 atom stereocenters. The molecular formula is C12H18Cl3N. The first-order valence-electron chi connectivity index (χ1n) is 5.35. The minimum Gasteiger partial charge on any atom is -0.324 e. The van der Waals surface area contributed by atoms with Crippen molar-refractivity contribution in [1.82, 2.24) is 0 Å². The van der Waals surface area contributed by atoms with Gasteiger partial charge >= 0.3 is 0 Å². The SMILES string of the molecule is CCCCC[C@@H](N)c1cc(Cl)cc(Cl)c1.Cl. The Balaban J connectivity index is 0.00000225. The molecule has 4 heteroatoms. The Hall–Kier alpha value is 0.0500. The smallest absolute Gasteiger partial charge is 0.0424 e. The number of unbranched alkanes of at least 4 members (excludes halogenated alkanes) is 2. The Bertz CT molecular complexity index is 295. The van der Waals surface area contributed by atoms with Gasteiger partial charge in [0.2, 0.25) is 0 Å². The number of hydrogen-bond acceptors (Lipinski definition) is 1. The lowest BCUT2D eigenvalue weighted by Crippen LogP contribution is -2.10. The van der Waals surface area contributed by atoms with Crippen LogP contribution in [-0.4, -0.2) is 0 Å². The van der Waals surface area contributed by atoms with Gasteiger partial charge in [0.1, 0.15) is 0 Å². The maximum Gasteiger partial charge on any atom is 0.0424 e. The number of nitrogens with two attached hydrogens (primary N) is 1.